The van der Waals surface area contributed by atoms with E-state index >= 15 is 0 Å². The first-order valence-electron chi connectivity index (χ1n) is 7.51. The summed E-state index contributed by atoms with van der Waals surface area (Å²) in [5, 5.41) is 4.16. The molecule has 23 heavy (non-hydrogen) atoms. The van der Waals surface area contributed by atoms with Crippen molar-refractivity contribution in [3.63, 3.8) is 0 Å². The van der Waals surface area contributed by atoms with Crippen LogP contribution < -0.4 is 14.9 Å². The number of amides is 1. The predicted molar refractivity (Wildman–Crippen MR) is 88.1 cm³/mol. The smallest absolute Gasteiger partial charge is 0.271 e. The van der Waals surface area contributed by atoms with Gasteiger partial charge in [0.05, 0.1) is 5.71 Å². The molecule has 0 saturated carbocycles. The largest absolute Gasteiger partial charge is 0.454 e. The van der Waals surface area contributed by atoms with Gasteiger partial charge in [-0.15, -0.1) is 0 Å². The number of ether oxygens (including phenoxy) is 2. The van der Waals surface area contributed by atoms with Crippen molar-refractivity contribution < 1.29 is 14.3 Å². The van der Waals surface area contributed by atoms with Crippen molar-refractivity contribution in [3.8, 4) is 11.5 Å². The number of nitrogens with zero attached hydrogens (tertiary/aromatic N) is 1. The summed E-state index contributed by atoms with van der Waals surface area (Å²) in [6.45, 7) is 4.16. The molecule has 0 spiro atoms. The van der Waals surface area contributed by atoms with Gasteiger partial charge in [0.2, 0.25) is 6.79 Å². The summed E-state index contributed by atoms with van der Waals surface area (Å²) in [5.74, 6) is 0.943. The summed E-state index contributed by atoms with van der Waals surface area (Å²) in [7, 11) is 0. The average Bonchev–Trinajstić information content (AvgIpc) is 3.07. The van der Waals surface area contributed by atoms with Crippen LogP contribution in [0.1, 0.15) is 35.3 Å². The van der Waals surface area contributed by atoms with Crippen LogP contribution >= 0.6 is 0 Å². The lowest BCUT2D eigenvalue weighted by molar-refractivity contribution is 0.0954. The van der Waals surface area contributed by atoms with Gasteiger partial charge in [-0.1, -0.05) is 31.2 Å². The van der Waals surface area contributed by atoms with Crippen LogP contribution in [0.15, 0.2) is 47.6 Å². The van der Waals surface area contributed by atoms with Crippen LogP contribution in [0.3, 0.4) is 0 Å². The Morgan fingerprint density at radius 3 is 2.52 bits per heavy atom. The van der Waals surface area contributed by atoms with Gasteiger partial charge in [0.1, 0.15) is 0 Å². The lowest BCUT2D eigenvalue weighted by Crippen LogP contribution is -2.19. The van der Waals surface area contributed by atoms with Crippen molar-refractivity contribution >= 4 is 11.6 Å². The zero-order valence-electron chi connectivity index (χ0n) is 13.1. The zero-order chi connectivity index (χ0) is 16.2. The number of aryl methyl sites for hydroxylation is 1. The monoisotopic (exact) mass is 310 g/mol. The van der Waals surface area contributed by atoms with Gasteiger partial charge in [0.15, 0.2) is 11.5 Å². The molecule has 1 heterocycles. The van der Waals surface area contributed by atoms with Gasteiger partial charge < -0.3 is 9.47 Å². The second kappa shape index (κ2) is 6.52. The number of carbonyl (C=O) groups excluding carboxylic acids is 1. The van der Waals surface area contributed by atoms with Gasteiger partial charge in [-0.2, -0.15) is 5.10 Å². The molecule has 1 N–H and O–H groups in total. The highest BCUT2D eigenvalue weighted by molar-refractivity contribution is 6.01. The summed E-state index contributed by atoms with van der Waals surface area (Å²) in [5.41, 5.74) is 6.05. The van der Waals surface area contributed by atoms with Crippen LogP contribution in [-0.2, 0) is 6.42 Å². The molecule has 2 aromatic rings. The van der Waals surface area contributed by atoms with E-state index in [2.05, 4.69) is 29.6 Å². The number of benzene rings is 2. The third kappa shape index (κ3) is 3.34. The molecule has 0 bridgehead atoms. The van der Waals surface area contributed by atoms with Gasteiger partial charge in [-0.05, 0) is 42.7 Å². The number of hydrogen-bond acceptors (Lipinski definition) is 4. The number of fused-ring (bicyclic) bond motifs is 1. The lowest BCUT2D eigenvalue weighted by Gasteiger charge is -2.05. The molecule has 1 amide bonds. The van der Waals surface area contributed by atoms with E-state index in [1.807, 2.05) is 19.1 Å². The Bertz CT molecular complexity index is 751. The molecule has 0 unspecified atom stereocenters. The van der Waals surface area contributed by atoms with Gasteiger partial charge in [0, 0.05) is 5.56 Å². The van der Waals surface area contributed by atoms with Crippen molar-refractivity contribution in [2.24, 2.45) is 5.10 Å². The summed E-state index contributed by atoms with van der Waals surface area (Å²) < 4.78 is 10.5. The minimum absolute atomic E-state index is 0.186. The number of hydrogen-bond donors (Lipinski definition) is 1. The molecule has 0 saturated heterocycles. The maximum atomic E-state index is 12.2. The van der Waals surface area contributed by atoms with E-state index in [1.54, 1.807) is 18.2 Å². The predicted octanol–water partition coefficient (Wildman–Crippen LogP) is 3.13. The molecule has 5 heteroatoms. The number of nitrogens with one attached hydrogen (secondary N) is 1. The quantitative estimate of drug-likeness (QED) is 0.697. The van der Waals surface area contributed by atoms with Gasteiger partial charge in [0.25, 0.3) is 5.91 Å². The van der Waals surface area contributed by atoms with Gasteiger partial charge in [-0.25, -0.2) is 5.43 Å². The third-order valence-corrected chi connectivity index (χ3v) is 3.74. The Kier molecular flexibility index (Phi) is 4.28. The van der Waals surface area contributed by atoms with Crippen LogP contribution in [0.25, 0.3) is 0 Å². The number of rotatable bonds is 4. The minimum Gasteiger partial charge on any atom is -0.454 e. The molecule has 0 fully saturated rings. The second-order valence-electron chi connectivity index (χ2n) is 5.26. The van der Waals surface area contributed by atoms with Crippen LogP contribution in [0.5, 0.6) is 11.5 Å². The molecule has 0 radical (unpaired) electrons. The zero-order valence-corrected chi connectivity index (χ0v) is 13.1. The highest BCUT2D eigenvalue weighted by Crippen LogP contribution is 2.32. The Morgan fingerprint density at radius 2 is 1.78 bits per heavy atom. The van der Waals surface area contributed by atoms with Crippen molar-refractivity contribution in [2.45, 2.75) is 20.3 Å². The van der Waals surface area contributed by atoms with Crippen LogP contribution in [-0.4, -0.2) is 18.4 Å². The maximum Gasteiger partial charge on any atom is 0.271 e. The second-order valence-corrected chi connectivity index (χ2v) is 5.26. The van der Waals surface area contributed by atoms with Crippen LogP contribution in [0, 0.1) is 0 Å². The summed E-state index contributed by atoms with van der Waals surface area (Å²) >= 11 is 0. The fourth-order valence-corrected chi connectivity index (χ4v) is 2.28. The van der Waals surface area contributed by atoms with Gasteiger partial charge in [-0.3, -0.25) is 4.79 Å². The molecular formula is C18H18N2O3. The Hall–Kier alpha value is -2.82. The third-order valence-electron chi connectivity index (χ3n) is 3.74. The normalized spacial score (nSPS) is 13.0. The molecular weight excluding hydrogens is 292 g/mol. The fraction of sp³-hybridized carbons (Fsp3) is 0.222. The Balaban J connectivity index is 1.69. The topological polar surface area (TPSA) is 59.9 Å². The van der Waals surface area contributed by atoms with E-state index in [-0.39, 0.29) is 12.7 Å². The first kappa shape index (κ1) is 15.1. The molecule has 1 aliphatic rings. The maximum absolute atomic E-state index is 12.2. The van der Waals surface area contributed by atoms with Crippen LogP contribution in [0.2, 0.25) is 0 Å². The van der Waals surface area contributed by atoms with Crippen LogP contribution in [0.4, 0.5) is 0 Å². The summed E-state index contributed by atoms with van der Waals surface area (Å²) in [6.07, 6.45) is 0.997. The molecule has 3 rings (SSSR count). The molecule has 0 aliphatic carbocycles. The molecule has 2 aromatic carbocycles. The Morgan fingerprint density at radius 1 is 1.09 bits per heavy atom. The highest BCUT2D eigenvalue weighted by atomic mass is 16.7. The minimum atomic E-state index is -0.284. The standard InChI is InChI=1S/C18H18N2O3/c1-3-13-4-6-14(7-5-13)12(2)19-20-18(21)15-8-9-16-17(10-15)23-11-22-16/h4-10H,3,11H2,1-2H3,(H,20,21). The fourth-order valence-electron chi connectivity index (χ4n) is 2.28. The van der Waals surface area contributed by atoms with Crippen molar-refractivity contribution in [1.82, 2.24) is 5.43 Å². The number of hydrazone groups is 1. The van der Waals surface area contributed by atoms with E-state index < -0.39 is 0 Å². The molecule has 1 aliphatic heterocycles. The lowest BCUT2D eigenvalue weighted by atomic mass is 10.1. The summed E-state index contributed by atoms with van der Waals surface area (Å²) in [6, 6.07) is 13.2. The first-order chi connectivity index (χ1) is 11.2. The highest BCUT2D eigenvalue weighted by Gasteiger charge is 2.16. The summed E-state index contributed by atoms with van der Waals surface area (Å²) in [4.78, 5) is 12.2. The number of carbonyl (C=O) groups is 1. The van der Waals surface area contributed by atoms with E-state index in [9.17, 15) is 4.79 Å². The van der Waals surface area contributed by atoms with E-state index in [0.717, 1.165) is 17.7 Å². The van der Waals surface area contributed by atoms with E-state index in [1.165, 1.54) is 5.56 Å². The van der Waals surface area contributed by atoms with Gasteiger partial charge >= 0.3 is 0 Å². The first-order valence-corrected chi connectivity index (χ1v) is 7.51. The Labute approximate surface area is 134 Å². The van der Waals surface area contributed by atoms with Crippen molar-refractivity contribution in [3.05, 3.63) is 59.2 Å². The SMILES string of the molecule is CCc1ccc(C(C)=NNC(=O)c2ccc3c(c2)OCO3)cc1. The molecule has 0 aromatic heterocycles. The average molecular weight is 310 g/mol. The van der Waals surface area contributed by atoms with Crippen molar-refractivity contribution in [2.75, 3.05) is 6.79 Å². The van der Waals surface area contributed by atoms with Crippen molar-refractivity contribution in [1.29, 1.82) is 0 Å². The molecule has 118 valence electrons. The van der Waals surface area contributed by atoms with E-state index in [4.69, 9.17) is 9.47 Å². The molecule has 0 atom stereocenters. The van der Waals surface area contributed by atoms with E-state index in [0.29, 0.717) is 17.1 Å². The molecule has 5 nitrogen and oxygen atoms in total.